The molecule has 0 radical (unpaired) electrons. The summed E-state index contributed by atoms with van der Waals surface area (Å²) in [5, 5.41) is 12.3. The molecule has 2 aromatic heterocycles. The van der Waals surface area contributed by atoms with Gasteiger partial charge in [0.05, 0.1) is 5.69 Å². The third-order valence-electron chi connectivity index (χ3n) is 10.8. The molecule has 6 heteroatoms. The second-order valence-corrected chi connectivity index (χ2v) is 15.5. The molecule has 55 heavy (non-hydrogen) atoms. The fraction of sp³-hybridized carbons (Fsp3) is 0.429. The molecular weight excluding hydrogens is 773 g/mol. The quantitative estimate of drug-likeness (QED) is 0.136. The van der Waals surface area contributed by atoms with Crippen LogP contribution in [0.2, 0.25) is 0 Å². The van der Waals surface area contributed by atoms with E-state index in [9.17, 15) is 0 Å². The predicted octanol–water partition coefficient (Wildman–Crippen LogP) is 11.1. The summed E-state index contributed by atoms with van der Waals surface area (Å²) < 4.78 is 4.09. The Morgan fingerprint density at radius 1 is 0.727 bits per heavy atom. The van der Waals surface area contributed by atoms with Gasteiger partial charge in [-0.25, -0.2) is 0 Å². The Hall–Kier alpha value is -3.79. The second-order valence-electron chi connectivity index (χ2n) is 15.5. The molecule has 0 unspecified atom stereocenters. The molecule has 7 rings (SSSR count). The number of hydrogen-bond donors (Lipinski definition) is 0. The third kappa shape index (κ3) is 10.5. The minimum absolute atomic E-state index is 0. The molecule has 292 valence electrons. The van der Waals surface area contributed by atoms with Gasteiger partial charge in [0.2, 0.25) is 0 Å². The first-order valence-electron chi connectivity index (χ1n) is 20.0. The van der Waals surface area contributed by atoms with Gasteiger partial charge in [0.1, 0.15) is 11.0 Å². The number of nitrogens with zero attached hydrogens (tertiary/aromatic N) is 5. The summed E-state index contributed by atoms with van der Waals surface area (Å²) in [6.07, 6.45) is 6.32. The first-order chi connectivity index (χ1) is 25.9. The molecule has 1 saturated carbocycles. The Morgan fingerprint density at radius 2 is 1.22 bits per heavy atom. The van der Waals surface area contributed by atoms with E-state index >= 15 is 0 Å². The van der Waals surface area contributed by atoms with Crippen molar-refractivity contribution in [2.75, 3.05) is 13.1 Å². The van der Waals surface area contributed by atoms with Gasteiger partial charge >= 0.3 is 25.8 Å². The van der Waals surface area contributed by atoms with E-state index in [1.807, 2.05) is 25.6 Å². The summed E-state index contributed by atoms with van der Waals surface area (Å²) >= 11 is 0. The van der Waals surface area contributed by atoms with Crippen LogP contribution >= 0.6 is 0 Å². The molecular formula is C49H68InN5. The molecule has 0 bridgehead atoms. The zero-order chi connectivity index (χ0) is 39.1. The van der Waals surface area contributed by atoms with Crippen molar-refractivity contribution < 1.29 is 1.43 Å². The molecule has 0 atom stereocenters. The molecule has 0 N–H and O–H groups in total. The van der Waals surface area contributed by atoms with Crippen LogP contribution in [0.1, 0.15) is 99.1 Å². The predicted molar refractivity (Wildman–Crippen MR) is 244 cm³/mol. The van der Waals surface area contributed by atoms with Crippen molar-refractivity contribution in [2.45, 2.75) is 108 Å². The van der Waals surface area contributed by atoms with E-state index in [1.54, 1.807) is 0 Å². The van der Waals surface area contributed by atoms with Crippen LogP contribution in [0, 0.1) is 66.2 Å². The molecule has 0 spiro atoms. The van der Waals surface area contributed by atoms with E-state index < -0.39 is 0 Å². The SMILES string of the molecule is CC#CCC.CCCCN(Cc1c2cccc(-c3c(C)cc(C)cc3C)c2nn1C)CC1CC1.Cc1cc(C)c(-c2cccc3c(C)n(C)nc23)c(C)c1.[HH].[InH3]. The van der Waals surface area contributed by atoms with Crippen molar-refractivity contribution >= 4 is 47.6 Å². The molecule has 6 aromatic rings. The van der Waals surface area contributed by atoms with Gasteiger partial charge in [0.15, 0.2) is 0 Å². The van der Waals surface area contributed by atoms with Crippen molar-refractivity contribution in [1.29, 1.82) is 0 Å². The summed E-state index contributed by atoms with van der Waals surface area (Å²) in [5.41, 5.74) is 17.9. The van der Waals surface area contributed by atoms with Crippen LogP contribution < -0.4 is 0 Å². The maximum atomic E-state index is 5.01. The van der Waals surface area contributed by atoms with Gasteiger partial charge in [-0.05, 0) is 120 Å². The molecule has 5 nitrogen and oxygen atoms in total. The number of hydrogen-bond acceptors (Lipinski definition) is 3. The van der Waals surface area contributed by atoms with Gasteiger partial charge in [-0.15, -0.1) is 11.8 Å². The van der Waals surface area contributed by atoms with E-state index in [1.165, 1.54) is 117 Å². The Balaban J connectivity index is 0.000000272. The fourth-order valence-electron chi connectivity index (χ4n) is 8.08. The maximum absolute atomic E-state index is 5.01. The number of aryl methyl sites for hydroxylation is 9. The molecule has 0 saturated heterocycles. The molecule has 2 heterocycles. The first kappa shape index (κ1) is 43.9. The Kier molecular flexibility index (Phi) is 15.9. The fourth-order valence-corrected chi connectivity index (χ4v) is 8.08. The van der Waals surface area contributed by atoms with Crippen LogP contribution in [-0.2, 0) is 20.6 Å². The van der Waals surface area contributed by atoms with Crippen LogP contribution in [-0.4, -0.2) is 63.4 Å². The van der Waals surface area contributed by atoms with Crippen LogP contribution in [0.25, 0.3) is 44.1 Å². The van der Waals surface area contributed by atoms with Gasteiger partial charge in [-0.3, -0.25) is 14.3 Å². The van der Waals surface area contributed by atoms with Crippen molar-refractivity contribution in [1.82, 2.24) is 24.5 Å². The Labute approximate surface area is 352 Å². The average molecular weight is 842 g/mol. The number of unbranched alkanes of at least 4 members (excludes halogenated alkanes) is 1. The monoisotopic (exact) mass is 841 g/mol. The van der Waals surface area contributed by atoms with E-state index in [-0.39, 0.29) is 27.3 Å². The standard InChI is InChI=1S/C26H35N3.C18H20N2.C5H8.In.H2.3H/c1-6-7-13-29(16-21-11-12-21)17-24-22-9-8-10-23(26(22)27-28(24)5)25-19(3)14-18(2)15-20(25)4;1-11-9-12(2)17(13(3)10-11)16-8-6-7-15-14(4)20(5)19-18(15)16;1-3-5-4-2;;;;;/h8-10,14-15,21H,6-7,11-13,16-17H2,1-5H3;6-10H,1-5H3;3H2,1-2H3;;1H;;;. The Bertz CT molecular complexity index is 2250. The summed E-state index contributed by atoms with van der Waals surface area (Å²) in [6, 6.07) is 22.2. The molecule has 1 aliphatic carbocycles. The Morgan fingerprint density at radius 3 is 1.67 bits per heavy atom. The van der Waals surface area contributed by atoms with Crippen molar-refractivity contribution in [3.8, 4) is 34.1 Å². The zero-order valence-corrected chi connectivity index (χ0v) is 35.2. The van der Waals surface area contributed by atoms with E-state index in [4.69, 9.17) is 10.2 Å². The van der Waals surface area contributed by atoms with Crippen LogP contribution in [0.15, 0.2) is 60.7 Å². The molecule has 0 amide bonds. The van der Waals surface area contributed by atoms with Crippen molar-refractivity contribution in [3.05, 3.63) is 105 Å². The first-order valence-corrected chi connectivity index (χ1v) is 20.0. The number of aromatic nitrogens is 4. The average Bonchev–Trinajstić information content (AvgIpc) is 3.81. The summed E-state index contributed by atoms with van der Waals surface area (Å²) in [7, 11) is 4.12. The van der Waals surface area contributed by atoms with Crippen LogP contribution in [0.4, 0.5) is 0 Å². The number of fused-ring (bicyclic) bond motifs is 2. The van der Waals surface area contributed by atoms with Gasteiger partial charge in [-0.2, -0.15) is 10.2 Å². The van der Waals surface area contributed by atoms with Gasteiger partial charge in [-0.1, -0.05) is 92.1 Å². The molecule has 0 aliphatic heterocycles. The van der Waals surface area contributed by atoms with Crippen molar-refractivity contribution in [3.63, 3.8) is 0 Å². The van der Waals surface area contributed by atoms with Crippen LogP contribution in [0.3, 0.4) is 0 Å². The molecule has 1 fully saturated rings. The second kappa shape index (κ2) is 19.9. The topological polar surface area (TPSA) is 38.9 Å². The number of benzene rings is 4. The van der Waals surface area contributed by atoms with E-state index in [0.717, 1.165) is 29.9 Å². The van der Waals surface area contributed by atoms with Crippen LogP contribution in [0.5, 0.6) is 0 Å². The molecule has 1 aliphatic rings. The molecule has 4 aromatic carbocycles. The van der Waals surface area contributed by atoms with Gasteiger partial charge < -0.3 is 0 Å². The summed E-state index contributed by atoms with van der Waals surface area (Å²) in [6.45, 7) is 24.9. The summed E-state index contributed by atoms with van der Waals surface area (Å²) in [4.78, 5) is 2.66. The van der Waals surface area contributed by atoms with Crippen molar-refractivity contribution in [2.24, 2.45) is 20.0 Å². The minimum atomic E-state index is 0. The normalized spacial score (nSPS) is 12.1. The zero-order valence-electron chi connectivity index (χ0n) is 35.2. The van der Waals surface area contributed by atoms with E-state index in [2.05, 4.69) is 145 Å². The van der Waals surface area contributed by atoms with E-state index in [0.29, 0.717) is 0 Å². The van der Waals surface area contributed by atoms with Gasteiger partial charge in [0, 0.05) is 62.6 Å². The summed E-state index contributed by atoms with van der Waals surface area (Å²) in [5.74, 6) is 6.54. The number of rotatable bonds is 9. The third-order valence-corrected chi connectivity index (χ3v) is 10.8. The van der Waals surface area contributed by atoms with Gasteiger partial charge in [0.25, 0.3) is 0 Å².